The zero-order valence-electron chi connectivity index (χ0n) is 12.6. The van der Waals surface area contributed by atoms with Crippen molar-refractivity contribution >= 4 is 5.91 Å². The van der Waals surface area contributed by atoms with E-state index < -0.39 is 0 Å². The third kappa shape index (κ3) is 2.73. The maximum atomic E-state index is 12.7. The lowest BCUT2D eigenvalue weighted by Crippen LogP contribution is -2.55. The maximum absolute atomic E-state index is 12.7. The van der Waals surface area contributed by atoms with Crippen molar-refractivity contribution in [3.63, 3.8) is 0 Å². The van der Waals surface area contributed by atoms with Crippen LogP contribution in [-0.4, -0.2) is 18.0 Å². The average molecular weight is 274 g/mol. The molecule has 110 valence electrons. The molecule has 0 aromatic heterocycles. The SMILES string of the molecule is CCC(N)(CC)CNC(=O)C1(c2ccccc2)CCC1. The number of hydrogen-bond donors (Lipinski definition) is 2. The summed E-state index contributed by atoms with van der Waals surface area (Å²) in [4.78, 5) is 12.7. The molecule has 0 heterocycles. The number of nitrogens with one attached hydrogen (secondary N) is 1. The molecule has 1 aliphatic carbocycles. The predicted octanol–water partition coefficient (Wildman–Crippen LogP) is 2.74. The summed E-state index contributed by atoms with van der Waals surface area (Å²) in [5.41, 5.74) is 6.81. The van der Waals surface area contributed by atoms with Gasteiger partial charge in [-0.2, -0.15) is 0 Å². The van der Waals surface area contributed by atoms with Crippen LogP contribution in [0.15, 0.2) is 30.3 Å². The molecular formula is C17H26N2O. The van der Waals surface area contributed by atoms with Gasteiger partial charge in [-0.3, -0.25) is 4.79 Å². The van der Waals surface area contributed by atoms with E-state index in [9.17, 15) is 4.79 Å². The Hall–Kier alpha value is -1.35. The molecule has 0 radical (unpaired) electrons. The first kappa shape index (κ1) is 15.0. The lowest BCUT2D eigenvalue weighted by molar-refractivity contribution is -0.130. The Balaban J connectivity index is 2.07. The molecular weight excluding hydrogens is 248 g/mol. The Labute approximate surface area is 121 Å². The highest BCUT2D eigenvalue weighted by Gasteiger charge is 2.45. The van der Waals surface area contributed by atoms with E-state index in [4.69, 9.17) is 5.73 Å². The molecule has 0 spiro atoms. The molecule has 3 N–H and O–H groups in total. The number of amides is 1. The predicted molar refractivity (Wildman–Crippen MR) is 82.5 cm³/mol. The van der Waals surface area contributed by atoms with Gasteiger partial charge in [-0.1, -0.05) is 50.6 Å². The first-order chi connectivity index (χ1) is 9.56. The molecule has 1 aliphatic rings. The fraction of sp³-hybridized carbons (Fsp3) is 0.588. The standard InChI is InChI=1S/C17H26N2O/c1-3-16(18,4-2)13-19-15(20)17(11-8-12-17)14-9-6-5-7-10-14/h5-7,9-10H,3-4,8,11-13,18H2,1-2H3,(H,19,20). The summed E-state index contributed by atoms with van der Waals surface area (Å²) in [7, 11) is 0. The van der Waals surface area contributed by atoms with Gasteiger partial charge in [0.2, 0.25) is 5.91 Å². The minimum absolute atomic E-state index is 0.145. The zero-order chi connectivity index (χ0) is 14.6. The van der Waals surface area contributed by atoms with Crippen molar-refractivity contribution in [2.75, 3.05) is 6.54 Å². The lowest BCUT2D eigenvalue weighted by Gasteiger charge is -2.41. The van der Waals surface area contributed by atoms with E-state index in [1.165, 1.54) is 0 Å². The van der Waals surface area contributed by atoms with Crippen molar-refractivity contribution in [3.8, 4) is 0 Å². The summed E-state index contributed by atoms with van der Waals surface area (Å²) < 4.78 is 0. The van der Waals surface area contributed by atoms with Crippen LogP contribution in [0.1, 0.15) is 51.5 Å². The second-order valence-corrected chi connectivity index (χ2v) is 6.05. The largest absolute Gasteiger partial charge is 0.353 e. The third-order valence-corrected chi connectivity index (χ3v) is 4.98. The first-order valence-corrected chi connectivity index (χ1v) is 7.69. The molecule has 1 aromatic carbocycles. The van der Waals surface area contributed by atoms with E-state index in [0.29, 0.717) is 6.54 Å². The van der Waals surface area contributed by atoms with Crippen molar-refractivity contribution in [3.05, 3.63) is 35.9 Å². The van der Waals surface area contributed by atoms with Crippen molar-refractivity contribution in [2.24, 2.45) is 5.73 Å². The van der Waals surface area contributed by atoms with Gasteiger partial charge in [-0.05, 0) is 31.2 Å². The van der Waals surface area contributed by atoms with E-state index in [2.05, 4.69) is 31.3 Å². The second kappa shape index (κ2) is 5.96. The molecule has 2 rings (SSSR count). The van der Waals surface area contributed by atoms with Crippen LogP contribution in [0.25, 0.3) is 0 Å². The van der Waals surface area contributed by atoms with Crippen LogP contribution in [0.5, 0.6) is 0 Å². The van der Waals surface area contributed by atoms with Gasteiger partial charge in [0.25, 0.3) is 0 Å². The first-order valence-electron chi connectivity index (χ1n) is 7.69. The lowest BCUT2D eigenvalue weighted by atomic mass is 9.63. The summed E-state index contributed by atoms with van der Waals surface area (Å²) in [5, 5.41) is 3.10. The van der Waals surface area contributed by atoms with Gasteiger partial charge in [0.15, 0.2) is 0 Å². The van der Waals surface area contributed by atoms with Crippen LogP contribution in [0.4, 0.5) is 0 Å². The Morgan fingerprint density at radius 2 is 1.85 bits per heavy atom. The van der Waals surface area contributed by atoms with Crippen LogP contribution < -0.4 is 11.1 Å². The fourth-order valence-electron chi connectivity index (χ4n) is 2.86. The molecule has 1 amide bonds. The van der Waals surface area contributed by atoms with Crippen LogP contribution in [-0.2, 0) is 10.2 Å². The number of rotatable bonds is 6. The Kier molecular flexibility index (Phi) is 4.48. The highest BCUT2D eigenvalue weighted by Crippen LogP contribution is 2.43. The van der Waals surface area contributed by atoms with Gasteiger partial charge in [0.05, 0.1) is 5.41 Å². The van der Waals surface area contributed by atoms with Crippen molar-refractivity contribution in [1.29, 1.82) is 0 Å². The Morgan fingerprint density at radius 3 is 2.30 bits per heavy atom. The molecule has 1 fully saturated rings. The fourth-order valence-corrected chi connectivity index (χ4v) is 2.86. The average Bonchev–Trinajstić information content (AvgIpc) is 2.45. The highest BCUT2D eigenvalue weighted by molar-refractivity contribution is 5.89. The topological polar surface area (TPSA) is 55.1 Å². The van der Waals surface area contributed by atoms with Crippen molar-refractivity contribution in [2.45, 2.75) is 56.9 Å². The zero-order valence-corrected chi connectivity index (χ0v) is 12.6. The molecule has 3 heteroatoms. The molecule has 3 nitrogen and oxygen atoms in total. The molecule has 0 aliphatic heterocycles. The molecule has 0 saturated heterocycles. The minimum Gasteiger partial charge on any atom is -0.353 e. The van der Waals surface area contributed by atoms with Gasteiger partial charge in [0, 0.05) is 12.1 Å². The van der Waals surface area contributed by atoms with E-state index in [-0.39, 0.29) is 16.9 Å². The Morgan fingerprint density at radius 1 is 1.25 bits per heavy atom. The van der Waals surface area contributed by atoms with E-state index in [0.717, 1.165) is 37.7 Å². The number of benzene rings is 1. The van der Waals surface area contributed by atoms with Gasteiger partial charge in [0.1, 0.15) is 0 Å². The van der Waals surface area contributed by atoms with Crippen LogP contribution >= 0.6 is 0 Å². The minimum atomic E-state index is -0.316. The molecule has 0 unspecified atom stereocenters. The van der Waals surface area contributed by atoms with E-state index in [1.54, 1.807) is 0 Å². The Bertz CT molecular complexity index is 447. The molecule has 0 bridgehead atoms. The normalized spacial score (nSPS) is 17.4. The van der Waals surface area contributed by atoms with Crippen LogP contribution in [0.3, 0.4) is 0 Å². The van der Waals surface area contributed by atoms with E-state index >= 15 is 0 Å². The highest BCUT2D eigenvalue weighted by atomic mass is 16.2. The molecule has 0 atom stereocenters. The van der Waals surface area contributed by atoms with E-state index in [1.807, 2.05) is 18.2 Å². The molecule has 1 saturated carbocycles. The summed E-state index contributed by atoms with van der Waals surface area (Å²) in [6, 6.07) is 10.1. The van der Waals surface area contributed by atoms with Gasteiger partial charge in [-0.15, -0.1) is 0 Å². The summed E-state index contributed by atoms with van der Waals surface area (Å²) in [5.74, 6) is 0.145. The van der Waals surface area contributed by atoms with Crippen LogP contribution in [0, 0.1) is 0 Å². The molecule has 1 aromatic rings. The smallest absolute Gasteiger partial charge is 0.230 e. The third-order valence-electron chi connectivity index (χ3n) is 4.98. The number of carbonyl (C=O) groups excluding carboxylic acids is 1. The van der Waals surface area contributed by atoms with Gasteiger partial charge < -0.3 is 11.1 Å². The maximum Gasteiger partial charge on any atom is 0.230 e. The number of nitrogens with two attached hydrogens (primary N) is 1. The van der Waals surface area contributed by atoms with Crippen LogP contribution in [0.2, 0.25) is 0 Å². The van der Waals surface area contributed by atoms with Gasteiger partial charge in [-0.25, -0.2) is 0 Å². The van der Waals surface area contributed by atoms with Crippen molar-refractivity contribution in [1.82, 2.24) is 5.32 Å². The monoisotopic (exact) mass is 274 g/mol. The summed E-state index contributed by atoms with van der Waals surface area (Å²) in [6.45, 7) is 4.71. The summed E-state index contributed by atoms with van der Waals surface area (Å²) in [6.07, 6.45) is 4.76. The van der Waals surface area contributed by atoms with Gasteiger partial charge >= 0.3 is 0 Å². The summed E-state index contributed by atoms with van der Waals surface area (Å²) >= 11 is 0. The van der Waals surface area contributed by atoms with Crippen molar-refractivity contribution < 1.29 is 4.79 Å². The molecule has 20 heavy (non-hydrogen) atoms. The quantitative estimate of drug-likeness (QED) is 0.838. The number of carbonyl (C=O) groups is 1. The second-order valence-electron chi connectivity index (χ2n) is 6.05. The number of hydrogen-bond acceptors (Lipinski definition) is 2.